The summed E-state index contributed by atoms with van der Waals surface area (Å²) in [5.74, 6) is -0.500. The molecule has 3 aromatic carbocycles. The fraction of sp³-hybridized carbons (Fsp3) is 0. The van der Waals surface area contributed by atoms with Gasteiger partial charge in [-0.15, -0.1) is 0 Å². The van der Waals surface area contributed by atoms with Crippen molar-refractivity contribution in [2.45, 2.75) is 0 Å². The first-order chi connectivity index (χ1) is 12.1. The Morgan fingerprint density at radius 2 is 1.36 bits per heavy atom. The highest BCUT2D eigenvalue weighted by Crippen LogP contribution is 2.37. The third-order valence-corrected chi connectivity index (χ3v) is 4.45. The Morgan fingerprint density at radius 1 is 0.680 bits per heavy atom. The van der Waals surface area contributed by atoms with Crippen LogP contribution in [0, 0.1) is 0 Å². The first-order valence-corrected chi connectivity index (χ1v) is 7.68. The molecule has 0 aliphatic rings. The van der Waals surface area contributed by atoms with Gasteiger partial charge in [-0.3, -0.25) is 4.79 Å². The lowest BCUT2D eigenvalue weighted by Crippen LogP contribution is -2.05. The first kappa shape index (κ1) is 13.8. The van der Waals surface area contributed by atoms with Crippen LogP contribution in [0.15, 0.2) is 73.0 Å². The van der Waals surface area contributed by atoms with Crippen LogP contribution < -0.4 is 11.1 Å². The van der Waals surface area contributed by atoms with Crippen LogP contribution in [0.4, 0.5) is 0 Å². The minimum atomic E-state index is -0.746. The summed E-state index contributed by atoms with van der Waals surface area (Å²) in [6.07, 6.45) is 0. The largest absolute Gasteiger partial charge is 0.480 e. The van der Waals surface area contributed by atoms with Crippen LogP contribution in [0.25, 0.3) is 43.5 Å². The summed E-state index contributed by atoms with van der Waals surface area (Å²) in [6, 6.07) is 15.5. The van der Waals surface area contributed by atoms with Crippen LogP contribution in [0.2, 0.25) is 0 Å². The van der Waals surface area contributed by atoms with Gasteiger partial charge in [0, 0.05) is 27.6 Å². The number of aromatic hydroxyl groups is 1. The molecule has 0 aliphatic heterocycles. The Morgan fingerprint density at radius 3 is 2.16 bits per heavy atom. The van der Waals surface area contributed by atoms with Crippen molar-refractivity contribution in [3.05, 3.63) is 75.2 Å². The lowest BCUT2D eigenvalue weighted by Gasteiger charge is -2.09. The normalized spacial score (nSPS) is 11.7. The number of para-hydroxylation sites is 1. The van der Waals surface area contributed by atoms with Crippen molar-refractivity contribution >= 4 is 43.5 Å². The molecule has 0 bridgehead atoms. The maximum atomic E-state index is 12.4. The maximum absolute atomic E-state index is 12.4. The van der Waals surface area contributed by atoms with E-state index in [0.29, 0.717) is 32.5 Å². The van der Waals surface area contributed by atoms with E-state index in [4.69, 9.17) is 8.83 Å². The maximum Gasteiger partial charge on any atom is 0.351 e. The van der Waals surface area contributed by atoms with Gasteiger partial charge in [0.15, 0.2) is 5.43 Å². The molecule has 0 amide bonds. The van der Waals surface area contributed by atoms with Crippen LogP contribution in [0.1, 0.15) is 0 Å². The lowest BCUT2D eigenvalue weighted by molar-refractivity contribution is 0.346. The molecule has 0 fully saturated rings. The summed E-state index contributed by atoms with van der Waals surface area (Å²) in [5, 5.41) is 13.2. The van der Waals surface area contributed by atoms with Crippen molar-refractivity contribution in [3.8, 4) is 5.95 Å². The average Bonchev–Trinajstić information content (AvgIpc) is 2.61. The van der Waals surface area contributed by atoms with Crippen LogP contribution in [0.3, 0.4) is 0 Å². The standard InChI is InChI=1S/C20H10O5/c21-13-9-15-16(11-6-2-1-5-10(11)13)17-12-7-3-4-8-14(12)24-19(22)18(17)20(23)25-15/h1-9,22H. The van der Waals surface area contributed by atoms with Crippen molar-refractivity contribution in [2.24, 2.45) is 0 Å². The molecule has 0 unspecified atom stereocenters. The van der Waals surface area contributed by atoms with Crippen LogP contribution in [0.5, 0.6) is 5.95 Å². The Bertz CT molecular complexity index is 1440. The quantitative estimate of drug-likeness (QED) is 0.344. The Hall–Kier alpha value is -3.60. The molecule has 25 heavy (non-hydrogen) atoms. The van der Waals surface area contributed by atoms with E-state index in [-0.39, 0.29) is 16.4 Å². The number of hydrogen-bond acceptors (Lipinski definition) is 5. The summed E-state index contributed by atoms with van der Waals surface area (Å²) in [7, 11) is 0. The highest BCUT2D eigenvalue weighted by molar-refractivity contribution is 6.25. The third-order valence-electron chi connectivity index (χ3n) is 4.45. The topological polar surface area (TPSA) is 80.7 Å². The van der Waals surface area contributed by atoms with Crippen molar-refractivity contribution < 1.29 is 13.9 Å². The van der Waals surface area contributed by atoms with E-state index in [0.717, 1.165) is 0 Å². The Balaban J connectivity index is 2.28. The predicted molar refractivity (Wildman–Crippen MR) is 95.2 cm³/mol. The van der Waals surface area contributed by atoms with E-state index in [1.54, 1.807) is 36.4 Å². The van der Waals surface area contributed by atoms with Gasteiger partial charge in [0.2, 0.25) is 0 Å². The monoisotopic (exact) mass is 330 g/mol. The van der Waals surface area contributed by atoms with E-state index in [2.05, 4.69) is 0 Å². The number of hydrogen-bond donors (Lipinski definition) is 1. The Labute approximate surface area is 139 Å². The van der Waals surface area contributed by atoms with Crippen molar-refractivity contribution in [1.29, 1.82) is 0 Å². The zero-order valence-corrected chi connectivity index (χ0v) is 12.8. The Kier molecular flexibility index (Phi) is 2.60. The van der Waals surface area contributed by atoms with Gasteiger partial charge in [0.25, 0.3) is 5.95 Å². The molecule has 5 rings (SSSR count). The molecule has 120 valence electrons. The zero-order chi connectivity index (χ0) is 17.1. The molecule has 2 heterocycles. The fourth-order valence-electron chi connectivity index (χ4n) is 3.41. The van der Waals surface area contributed by atoms with Gasteiger partial charge in [0.05, 0.1) is 0 Å². The molecule has 0 aliphatic carbocycles. The molecule has 1 N–H and O–H groups in total. The fourth-order valence-corrected chi connectivity index (χ4v) is 3.41. The van der Waals surface area contributed by atoms with Gasteiger partial charge in [-0.1, -0.05) is 42.5 Å². The molecule has 5 heteroatoms. The van der Waals surface area contributed by atoms with Crippen molar-refractivity contribution in [1.82, 2.24) is 0 Å². The van der Waals surface area contributed by atoms with E-state index in [1.165, 1.54) is 6.07 Å². The van der Waals surface area contributed by atoms with E-state index in [1.807, 2.05) is 12.1 Å². The smallest absolute Gasteiger partial charge is 0.351 e. The van der Waals surface area contributed by atoms with Gasteiger partial charge in [0.1, 0.15) is 16.6 Å². The average molecular weight is 330 g/mol. The van der Waals surface area contributed by atoms with Crippen molar-refractivity contribution in [2.75, 3.05) is 0 Å². The van der Waals surface area contributed by atoms with Gasteiger partial charge in [-0.2, -0.15) is 0 Å². The second-order valence-corrected chi connectivity index (χ2v) is 5.84. The molecule has 0 saturated heterocycles. The van der Waals surface area contributed by atoms with Crippen LogP contribution in [-0.4, -0.2) is 5.11 Å². The number of rotatable bonds is 0. The highest BCUT2D eigenvalue weighted by Gasteiger charge is 2.19. The van der Waals surface area contributed by atoms with Gasteiger partial charge < -0.3 is 13.9 Å². The molecule has 0 saturated carbocycles. The molecule has 0 spiro atoms. The first-order valence-electron chi connectivity index (χ1n) is 7.68. The molecule has 0 radical (unpaired) electrons. The van der Waals surface area contributed by atoms with Crippen molar-refractivity contribution in [3.63, 3.8) is 0 Å². The van der Waals surface area contributed by atoms with Gasteiger partial charge >= 0.3 is 5.63 Å². The predicted octanol–water partition coefficient (Wildman–Crippen LogP) is 3.91. The van der Waals surface area contributed by atoms with E-state index in [9.17, 15) is 14.7 Å². The molecule has 0 atom stereocenters. The summed E-state index contributed by atoms with van der Waals surface area (Å²) in [5.41, 5.74) is -0.337. The summed E-state index contributed by atoms with van der Waals surface area (Å²) >= 11 is 0. The van der Waals surface area contributed by atoms with Crippen LogP contribution in [-0.2, 0) is 0 Å². The van der Waals surface area contributed by atoms with E-state index >= 15 is 0 Å². The van der Waals surface area contributed by atoms with Gasteiger partial charge in [-0.25, -0.2) is 4.79 Å². The number of fused-ring (bicyclic) bond motifs is 7. The van der Waals surface area contributed by atoms with E-state index < -0.39 is 11.6 Å². The third kappa shape index (κ3) is 1.77. The minimum absolute atomic E-state index is 0.0324. The SMILES string of the molecule is O=c1cc2oc(=O)c3c(O)oc4ccccc4c3c2c2ccccc12. The second-order valence-electron chi connectivity index (χ2n) is 5.84. The lowest BCUT2D eigenvalue weighted by atomic mass is 9.99. The molecular formula is C20H10O5. The summed E-state index contributed by atoms with van der Waals surface area (Å²) in [4.78, 5) is 24.8. The van der Waals surface area contributed by atoms with Crippen LogP contribution >= 0.6 is 0 Å². The molecule has 2 aromatic heterocycles. The molecule has 5 nitrogen and oxygen atoms in total. The molecular weight excluding hydrogens is 320 g/mol. The number of benzene rings is 3. The summed E-state index contributed by atoms with van der Waals surface area (Å²) in [6.45, 7) is 0. The highest BCUT2D eigenvalue weighted by atomic mass is 16.5. The zero-order valence-electron chi connectivity index (χ0n) is 12.8. The minimum Gasteiger partial charge on any atom is -0.480 e. The molecule has 5 aromatic rings. The summed E-state index contributed by atoms with van der Waals surface area (Å²) < 4.78 is 10.7. The second kappa shape index (κ2) is 4.70. The van der Waals surface area contributed by atoms with Gasteiger partial charge in [-0.05, 0) is 11.5 Å².